The smallest absolute Gasteiger partial charge is 0.197 e. The van der Waals surface area contributed by atoms with Gasteiger partial charge in [-0.25, -0.2) is 4.39 Å². The maximum Gasteiger partial charge on any atom is 0.197 e. The number of nitrogens with zero attached hydrogens (tertiary/aromatic N) is 2. The highest BCUT2D eigenvalue weighted by Gasteiger charge is 2.16. The van der Waals surface area contributed by atoms with E-state index in [9.17, 15) is 9.18 Å². The molecule has 5 heteroatoms. The number of hydrogen-bond acceptors (Lipinski definition) is 3. The Kier molecular flexibility index (Phi) is 2.92. The van der Waals surface area contributed by atoms with Crippen LogP contribution in [0.5, 0.6) is 0 Å². The molecule has 0 radical (unpaired) electrons. The van der Waals surface area contributed by atoms with Crippen molar-refractivity contribution in [3.05, 3.63) is 58.9 Å². The van der Waals surface area contributed by atoms with Crippen LogP contribution in [0, 0.1) is 5.82 Å². The van der Waals surface area contributed by atoms with Gasteiger partial charge in [0.25, 0.3) is 0 Å². The van der Waals surface area contributed by atoms with Crippen LogP contribution >= 0.6 is 11.6 Å². The third-order valence-electron chi connectivity index (χ3n) is 2.03. The number of ketones is 1. The summed E-state index contributed by atoms with van der Waals surface area (Å²) in [5.41, 5.74) is 0.171. The van der Waals surface area contributed by atoms with Crippen LogP contribution in [0.25, 0.3) is 0 Å². The summed E-state index contributed by atoms with van der Waals surface area (Å²) in [4.78, 5) is 19.2. The lowest BCUT2D eigenvalue weighted by molar-refractivity contribution is 0.103. The zero-order chi connectivity index (χ0) is 11.5. The van der Waals surface area contributed by atoms with Crippen molar-refractivity contribution in [2.45, 2.75) is 0 Å². The van der Waals surface area contributed by atoms with Crippen LogP contribution in [0.3, 0.4) is 0 Å². The van der Waals surface area contributed by atoms with Crippen molar-refractivity contribution in [2.75, 3.05) is 0 Å². The maximum atomic E-state index is 13.3. The number of rotatable bonds is 2. The molecule has 3 nitrogen and oxygen atoms in total. The van der Waals surface area contributed by atoms with Gasteiger partial charge in [0.15, 0.2) is 11.6 Å². The van der Waals surface area contributed by atoms with Gasteiger partial charge in [-0.05, 0) is 12.1 Å². The first kappa shape index (κ1) is 10.7. The van der Waals surface area contributed by atoms with Gasteiger partial charge in [0.1, 0.15) is 0 Å². The zero-order valence-corrected chi connectivity index (χ0v) is 8.78. The van der Waals surface area contributed by atoms with E-state index in [2.05, 4.69) is 9.97 Å². The summed E-state index contributed by atoms with van der Waals surface area (Å²) in [6.45, 7) is 0. The van der Waals surface area contributed by atoms with Crippen LogP contribution in [0.15, 0.2) is 36.9 Å². The first-order chi connectivity index (χ1) is 7.70. The molecule has 2 aromatic rings. The normalized spacial score (nSPS) is 10.1. The highest BCUT2D eigenvalue weighted by molar-refractivity contribution is 6.34. The van der Waals surface area contributed by atoms with Crippen molar-refractivity contribution in [1.82, 2.24) is 9.97 Å². The standard InChI is InChI=1S/C11H6ClFN2O/c12-9-5-14-3-1-7(9)11(16)8-2-4-15-6-10(8)13/h1-6H. The highest BCUT2D eigenvalue weighted by atomic mass is 35.5. The summed E-state index contributed by atoms with van der Waals surface area (Å²) < 4.78 is 13.3. The Morgan fingerprint density at radius 2 is 1.75 bits per heavy atom. The van der Waals surface area contributed by atoms with Crippen molar-refractivity contribution in [3.63, 3.8) is 0 Å². The van der Waals surface area contributed by atoms with Gasteiger partial charge in [-0.1, -0.05) is 11.6 Å². The van der Waals surface area contributed by atoms with Gasteiger partial charge < -0.3 is 0 Å². The average Bonchev–Trinajstić information content (AvgIpc) is 2.29. The predicted molar refractivity (Wildman–Crippen MR) is 56.9 cm³/mol. The number of hydrogen-bond donors (Lipinski definition) is 0. The fourth-order valence-corrected chi connectivity index (χ4v) is 1.47. The Hall–Kier alpha value is -1.81. The molecule has 0 aliphatic rings. The van der Waals surface area contributed by atoms with E-state index in [4.69, 9.17) is 11.6 Å². The van der Waals surface area contributed by atoms with Crippen molar-refractivity contribution in [2.24, 2.45) is 0 Å². The lowest BCUT2D eigenvalue weighted by Crippen LogP contribution is -2.05. The van der Waals surface area contributed by atoms with E-state index in [1.807, 2.05) is 0 Å². The second kappa shape index (κ2) is 4.37. The van der Waals surface area contributed by atoms with Crippen LogP contribution in [0.1, 0.15) is 15.9 Å². The van der Waals surface area contributed by atoms with Crippen LogP contribution in [0.2, 0.25) is 5.02 Å². The molecule has 0 aromatic carbocycles. The third kappa shape index (κ3) is 1.92. The van der Waals surface area contributed by atoms with Gasteiger partial charge in [0.2, 0.25) is 0 Å². The van der Waals surface area contributed by atoms with Crippen molar-refractivity contribution < 1.29 is 9.18 Å². The van der Waals surface area contributed by atoms with Crippen LogP contribution in [0.4, 0.5) is 4.39 Å². The minimum atomic E-state index is -0.666. The second-order valence-corrected chi connectivity index (χ2v) is 3.45. The maximum absolute atomic E-state index is 13.3. The van der Waals surface area contributed by atoms with E-state index in [1.54, 1.807) is 0 Å². The molecule has 0 unspecified atom stereocenters. The summed E-state index contributed by atoms with van der Waals surface area (Å²) in [7, 11) is 0. The molecule has 80 valence electrons. The number of carbonyl (C=O) groups is 1. The highest BCUT2D eigenvalue weighted by Crippen LogP contribution is 2.18. The fourth-order valence-electron chi connectivity index (χ4n) is 1.26. The van der Waals surface area contributed by atoms with Gasteiger partial charge >= 0.3 is 0 Å². The summed E-state index contributed by atoms with van der Waals surface area (Å²) in [6.07, 6.45) is 5.11. The number of carbonyl (C=O) groups excluding carboxylic acids is 1. The topological polar surface area (TPSA) is 42.9 Å². The number of pyridine rings is 2. The molecule has 2 rings (SSSR count). The second-order valence-electron chi connectivity index (χ2n) is 3.04. The molecule has 0 amide bonds. The Balaban J connectivity index is 2.48. The van der Waals surface area contributed by atoms with Crippen LogP contribution < -0.4 is 0 Å². The zero-order valence-electron chi connectivity index (χ0n) is 8.02. The summed E-state index contributed by atoms with van der Waals surface area (Å²) >= 11 is 5.80. The van der Waals surface area contributed by atoms with Gasteiger partial charge in [0, 0.05) is 24.2 Å². The van der Waals surface area contributed by atoms with E-state index in [1.165, 1.54) is 30.7 Å². The number of halogens is 2. The molecule has 0 saturated heterocycles. The van der Waals surface area contributed by atoms with E-state index in [-0.39, 0.29) is 16.1 Å². The fraction of sp³-hybridized carbons (Fsp3) is 0. The first-order valence-corrected chi connectivity index (χ1v) is 4.81. The molecule has 2 heterocycles. The van der Waals surface area contributed by atoms with Crippen molar-refractivity contribution >= 4 is 17.4 Å². The van der Waals surface area contributed by atoms with E-state index in [0.29, 0.717) is 0 Å². The molecule has 0 aliphatic carbocycles. The SMILES string of the molecule is O=C(c1ccncc1F)c1ccncc1Cl. The average molecular weight is 237 g/mol. The molecule has 0 bridgehead atoms. The lowest BCUT2D eigenvalue weighted by atomic mass is 10.1. The van der Waals surface area contributed by atoms with E-state index >= 15 is 0 Å². The molecule has 0 fully saturated rings. The Morgan fingerprint density at radius 3 is 2.38 bits per heavy atom. The molecule has 0 saturated carbocycles. The summed E-state index contributed by atoms with van der Waals surface area (Å²) in [5, 5.41) is 0.198. The minimum Gasteiger partial charge on any atom is -0.288 e. The number of aromatic nitrogens is 2. The van der Waals surface area contributed by atoms with Gasteiger partial charge in [-0.15, -0.1) is 0 Å². The Morgan fingerprint density at radius 1 is 1.12 bits per heavy atom. The predicted octanol–water partition coefficient (Wildman–Crippen LogP) is 2.50. The third-order valence-corrected chi connectivity index (χ3v) is 2.34. The Labute approximate surface area is 95.9 Å². The molecule has 2 aromatic heterocycles. The van der Waals surface area contributed by atoms with Gasteiger partial charge in [-0.2, -0.15) is 0 Å². The monoisotopic (exact) mass is 236 g/mol. The molecular weight excluding hydrogens is 231 g/mol. The van der Waals surface area contributed by atoms with Crippen molar-refractivity contribution in [3.8, 4) is 0 Å². The van der Waals surface area contributed by atoms with Crippen molar-refractivity contribution in [1.29, 1.82) is 0 Å². The van der Waals surface area contributed by atoms with Gasteiger partial charge in [0.05, 0.1) is 16.8 Å². The Bertz CT molecular complexity index is 498. The molecule has 0 aliphatic heterocycles. The van der Waals surface area contributed by atoms with Crippen LogP contribution in [-0.2, 0) is 0 Å². The largest absolute Gasteiger partial charge is 0.288 e. The van der Waals surface area contributed by atoms with E-state index < -0.39 is 11.6 Å². The molecular formula is C11H6ClFN2O. The minimum absolute atomic E-state index is 0.0527. The summed E-state index contributed by atoms with van der Waals surface area (Å²) in [5.74, 6) is -1.15. The first-order valence-electron chi connectivity index (χ1n) is 4.44. The molecule has 0 atom stereocenters. The molecule has 16 heavy (non-hydrogen) atoms. The summed E-state index contributed by atoms with van der Waals surface area (Å²) in [6, 6.07) is 2.76. The lowest BCUT2D eigenvalue weighted by Gasteiger charge is -2.03. The molecule has 0 N–H and O–H groups in total. The quantitative estimate of drug-likeness (QED) is 0.753. The van der Waals surface area contributed by atoms with Crippen LogP contribution in [-0.4, -0.2) is 15.8 Å². The molecule has 0 spiro atoms. The van der Waals surface area contributed by atoms with E-state index in [0.717, 1.165) is 6.20 Å². The van der Waals surface area contributed by atoms with Gasteiger partial charge in [-0.3, -0.25) is 14.8 Å².